The number of benzene rings is 1. The smallest absolute Gasteiger partial charge is 0.253 e. The van der Waals surface area contributed by atoms with E-state index >= 15 is 0 Å². The lowest BCUT2D eigenvalue weighted by atomic mass is 10.1. The minimum atomic E-state index is -3.67. The van der Waals surface area contributed by atoms with Crippen molar-refractivity contribution in [2.45, 2.75) is 11.8 Å². The number of carbonyl (C=O) groups excluding carboxylic acids is 1. The second kappa shape index (κ2) is 7.07. The minimum absolute atomic E-state index is 0.0252. The quantitative estimate of drug-likeness (QED) is 0.854. The van der Waals surface area contributed by atoms with Crippen molar-refractivity contribution in [2.24, 2.45) is 0 Å². The van der Waals surface area contributed by atoms with Gasteiger partial charge in [-0.15, -0.1) is 0 Å². The monoisotopic (exact) mass is 383 g/mol. The first kappa shape index (κ1) is 17.8. The summed E-state index contributed by atoms with van der Waals surface area (Å²) >= 11 is 5.86. The number of hydrogen-bond donors (Lipinski definition) is 1. The van der Waals surface area contributed by atoms with Crippen LogP contribution in [-0.2, 0) is 16.6 Å². The molecule has 1 aliphatic rings. The third-order valence-corrected chi connectivity index (χ3v) is 5.88. The first-order chi connectivity index (χ1) is 11.9. The maximum absolute atomic E-state index is 13.5. The molecule has 3 rings (SSSR count). The molecular weight excluding hydrogens is 369 g/mol. The molecule has 1 aromatic heterocycles. The lowest BCUT2D eigenvalue weighted by molar-refractivity contribution is 0.0658. The maximum Gasteiger partial charge on any atom is 0.253 e. The van der Waals surface area contributed by atoms with Crippen LogP contribution in [0, 0.1) is 5.82 Å². The summed E-state index contributed by atoms with van der Waals surface area (Å²) in [7, 11) is -3.67. The number of nitrogens with one attached hydrogen (secondary N) is 1. The van der Waals surface area contributed by atoms with Crippen molar-refractivity contribution in [3.63, 3.8) is 0 Å². The molecule has 0 atom stereocenters. The summed E-state index contributed by atoms with van der Waals surface area (Å²) in [5.74, 6) is -0.846. The Morgan fingerprint density at radius 1 is 1.32 bits per heavy atom. The molecule has 6 nitrogen and oxygen atoms in total. The number of aromatic nitrogens is 1. The van der Waals surface area contributed by atoms with Gasteiger partial charge < -0.3 is 4.90 Å². The van der Waals surface area contributed by atoms with Crippen LogP contribution >= 0.6 is 11.6 Å². The third kappa shape index (κ3) is 3.97. The highest BCUT2D eigenvalue weighted by atomic mass is 35.5. The molecule has 1 aliphatic heterocycles. The second-order valence-electron chi connectivity index (χ2n) is 5.64. The summed E-state index contributed by atoms with van der Waals surface area (Å²) in [5.41, 5.74) is 0.434. The molecule has 0 bridgehead atoms. The van der Waals surface area contributed by atoms with E-state index in [1.165, 1.54) is 29.3 Å². The topological polar surface area (TPSA) is 79.4 Å². The van der Waals surface area contributed by atoms with Crippen molar-refractivity contribution >= 4 is 27.5 Å². The van der Waals surface area contributed by atoms with Crippen LogP contribution in [0.3, 0.4) is 0 Å². The molecular formula is C16H15ClFN3O3S. The van der Waals surface area contributed by atoms with Gasteiger partial charge in [-0.1, -0.05) is 17.7 Å². The van der Waals surface area contributed by atoms with Crippen molar-refractivity contribution in [3.8, 4) is 0 Å². The van der Waals surface area contributed by atoms with E-state index in [-0.39, 0.29) is 31.2 Å². The van der Waals surface area contributed by atoms with Crippen LogP contribution in [0.1, 0.15) is 16.1 Å². The number of amides is 1. The number of hydrogen-bond acceptors (Lipinski definition) is 4. The summed E-state index contributed by atoms with van der Waals surface area (Å²) in [5, 5.41) is -0.294. The highest BCUT2D eigenvalue weighted by Crippen LogP contribution is 2.20. The van der Waals surface area contributed by atoms with Crippen LogP contribution in [0.5, 0.6) is 0 Å². The molecule has 0 unspecified atom stereocenters. The number of halogens is 2. The van der Waals surface area contributed by atoms with Crippen LogP contribution in [0.25, 0.3) is 0 Å². The van der Waals surface area contributed by atoms with E-state index < -0.39 is 21.1 Å². The Morgan fingerprint density at radius 3 is 2.76 bits per heavy atom. The Labute approximate surface area is 149 Å². The molecule has 1 N–H and O–H groups in total. The second-order valence-corrected chi connectivity index (χ2v) is 8.12. The molecule has 1 aromatic carbocycles. The molecule has 25 heavy (non-hydrogen) atoms. The molecule has 1 saturated heterocycles. The van der Waals surface area contributed by atoms with Crippen molar-refractivity contribution in [1.29, 1.82) is 0 Å². The van der Waals surface area contributed by atoms with Crippen LogP contribution in [0.2, 0.25) is 5.02 Å². The number of pyridine rings is 1. The fourth-order valence-electron chi connectivity index (χ4n) is 2.44. The van der Waals surface area contributed by atoms with E-state index in [1.807, 2.05) is 0 Å². The highest BCUT2D eigenvalue weighted by Gasteiger charge is 2.39. The van der Waals surface area contributed by atoms with Gasteiger partial charge in [0.15, 0.2) is 0 Å². The number of rotatable bonds is 5. The molecule has 0 spiro atoms. The van der Waals surface area contributed by atoms with E-state index in [9.17, 15) is 17.6 Å². The summed E-state index contributed by atoms with van der Waals surface area (Å²) < 4.78 is 40.3. The maximum atomic E-state index is 13.5. The SMILES string of the molecule is O=C(c1cccc(Cl)c1)N1CC(S(=O)(=O)NCc2ncccc2F)C1. The number of likely N-dealkylation sites (tertiary alicyclic amines) is 1. The van der Waals surface area contributed by atoms with Gasteiger partial charge in [-0.05, 0) is 30.3 Å². The Bertz CT molecular complexity index is 901. The Morgan fingerprint density at radius 2 is 2.08 bits per heavy atom. The predicted octanol–water partition coefficient (Wildman–Crippen LogP) is 1.82. The summed E-state index contributed by atoms with van der Waals surface area (Å²) in [6, 6.07) is 9.12. The zero-order valence-electron chi connectivity index (χ0n) is 13.0. The first-order valence-corrected chi connectivity index (χ1v) is 9.42. The van der Waals surface area contributed by atoms with Gasteiger partial charge in [0.2, 0.25) is 10.0 Å². The third-order valence-electron chi connectivity index (χ3n) is 3.92. The standard InChI is InChI=1S/C16H15ClFN3O3S/c17-12-4-1-3-11(7-12)16(22)21-9-13(10-21)25(23,24)20-8-15-14(18)5-2-6-19-15/h1-7,13,20H,8-10H2. The molecule has 2 aromatic rings. The zero-order chi connectivity index (χ0) is 18.0. The fraction of sp³-hybridized carbons (Fsp3) is 0.250. The summed E-state index contributed by atoms with van der Waals surface area (Å²) in [4.78, 5) is 17.5. The van der Waals surface area contributed by atoms with Crippen molar-refractivity contribution in [1.82, 2.24) is 14.6 Å². The fourth-order valence-corrected chi connectivity index (χ4v) is 3.96. The van der Waals surface area contributed by atoms with Crippen LogP contribution in [0.15, 0.2) is 42.6 Å². The van der Waals surface area contributed by atoms with E-state index in [1.54, 1.807) is 18.2 Å². The molecule has 0 saturated carbocycles. The van der Waals surface area contributed by atoms with Crippen molar-refractivity contribution in [2.75, 3.05) is 13.1 Å². The van der Waals surface area contributed by atoms with E-state index in [4.69, 9.17) is 11.6 Å². The van der Waals surface area contributed by atoms with Crippen molar-refractivity contribution < 1.29 is 17.6 Å². The van der Waals surface area contributed by atoms with Gasteiger partial charge in [0, 0.05) is 29.9 Å². The average molecular weight is 384 g/mol. The Kier molecular flexibility index (Phi) is 5.03. The van der Waals surface area contributed by atoms with Gasteiger partial charge in [-0.25, -0.2) is 17.5 Å². The molecule has 1 amide bonds. The van der Waals surface area contributed by atoms with Gasteiger partial charge in [0.1, 0.15) is 11.1 Å². The molecule has 132 valence electrons. The van der Waals surface area contributed by atoms with Crippen LogP contribution in [-0.4, -0.2) is 42.5 Å². The van der Waals surface area contributed by atoms with Crippen LogP contribution < -0.4 is 4.72 Å². The molecule has 9 heteroatoms. The predicted molar refractivity (Wildman–Crippen MR) is 91.1 cm³/mol. The van der Waals surface area contributed by atoms with Gasteiger partial charge in [-0.2, -0.15) is 0 Å². The minimum Gasteiger partial charge on any atom is -0.336 e. The van der Waals surface area contributed by atoms with Gasteiger partial charge in [0.25, 0.3) is 5.91 Å². The number of sulfonamides is 1. The number of nitrogens with zero attached hydrogens (tertiary/aromatic N) is 2. The van der Waals surface area contributed by atoms with Crippen molar-refractivity contribution in [3.05, 3.63) is 64.7 Å². The van der Waals surface area contributed by atoms with E-state index in [0.717, 1.165) is 0 Å². The molecule has 1 fully saturated rings. The molecule has 2 heterocycles. The van der Waals surface area contributed by atoms with Crippen LogP contribution in [0.4, 0.5) is 4.39 Å². The molecule has 0 aliphatic carbocycles. The zero-order valence-corrected chi connectivity index (χ0v) is 14.6. The van der Waals surface area contributed by atoms with Gasteiger partial charge in [-0.3, -0.25) is 9.78 Å². The van der Waals surface area contributed by atoms with Gasteiger partial charge in [0.05, 0.1) is 12.2 Å². The Balaban J connectivity index is 1.58. The van der Waals surface area contributed by atoms with E-state index in [2.05, 4.69) is 9.71 Å². The first-order valence-electron chi connectivity index (χ1n) is 7.49. The lowest BCUT2D eigenvalue weighted by Gasteiger charge is -2.38. The molecule has 0 radical (unpaired) electrons. The van der Waals surface area contributed by atoms with Gasteiger partial charge >= 0.3 is 0 Å². The highest BCUT2D eigenvalue weighted by molar-refractivity contribution is 7.90. The largest absolute Gasteiger partial charge is 0.336 e. The summed E-state index contributed by atoms with van der Waals surface area (Å²) in [6.07, 6.45) is 1.39. The normalized spacial score (nSPS) is 15.0. The Hall–Kier alpha value is -2.03. The number of carbonyl (C=O) groups is 1. The summed E-state index contributed by atoms with van der Waals surface area (Å²) in [6.45, 7) is -0.0789. The average Bonchev–Trinajstić information content (AvgIpc) is 2.52. The van der Waals surface area contributed by atoms with E-state index in [0.29, 0.717) is 10.6 Å². The lowest BCUT2D eigenvalue weighted by Crippen LogP contribution is -2.59.